The highest BCUT2D eigenvalue weighted by molar-refractivity contribution is 5.78. The first-order valence-electron chi connectivity index (χ1n) is 6.52. The van der Waals surface area contributed by atoms with Crippen LogP contribution in [-0.4, -0.2) is 65.3 Å². The van der Waals surface area contributed by atoms with E-state index in [1.165, 1.54) is 4.90 Å². The fourth-order valence-electron chi connectivity index (χ4n) is 2.15. The largest absolute Gasteiger partial charge is 0.417 e. The lowest BCUT2D eigenvalue weighted by atomic mass is 9.91. The van der Waals surface area contributed by atoms with Crippen LogP contribution in [-0.2, 0) is 4.79 Å². The molecule has 0 aliphatic carbocycles. The molecule has 1 heterocycles. The molecule has 1 fully saturated rings. The normalized spacial score (nSPS) is 19.8. The van der Waals surface area contributed by atoms with Gasteiger partial charge in [-0.3, -0.25) is 9.69 Å². The molecule has 1 amide bonds. The minimum Gasteiger partial charge on any atom is -0.380 e. The molecule has 0 radical (unpaired) electrons. The number of likely N-dealkylation sites (N-methyl/N-ethyl adjacent to an activating group) is 1. The highest BCUT2D eigenvalue weighted by Crippen LogP contribution is 2.38. The first kappa shape index (κ1) is 16.2. The summed E-state index contributed by atoms with van der Waals surface area (Å²) in [7, 11) is 0. The molecule has 0 bridgehead atoms. The summed E-state index contributed by atoms with van der Waals surface area (Å²) in [4.78, 5) is 15.2. The topological polar surface area (TPSA) is 43.8 Å². The lowest BCUT2D eigenvalue weighted by Gasteiger charge is -2.39. The van der Waals surface area contributed by atoms with E-state index < -0.39 is 24.6 Å². The molecule has 1 saturated heterocycles. The van der Waals surface area contributed by atoms with Crippen molar-refractivity contribution in [3.05, 3.63) is 0 Å². The third kappa shape index (κ3) is 3.82. The quantitative estimate of drug-likeness (QED) is 0.844. The minimum atomic E-state index is -4.62. The Morgan fingerprint density at radius 1 is 1.26 bits per heavy atom. The zero-order valence-corrected chi connectivity index (χ0v) is 11.3. The molecule has 1 rings (SSSR count). The number of likely N-dealkylation sites (tertiary alicyclic amines) is 1. The number of rotatable bonds is 4. The second kappa shape index (κ2) is 6.09. The smallest absolute Gasteiger partial charge is 0.380 e. The van der Waals surface area contributed by atoms with Crippen LogP contribution < -0.4 is 0 Å². The SMILES string of the molecule is CCN(CC)CC(=O)N1CCC(O)(C(F)(F)F)CC1. The van der Waals surface area contributed by atoms with Gasteiger partial charge in [-0.25, -0.2) is 0 Å². The van der Waals surface area contributed by atoms with Gasteiger partial charge in [0, 0.05) is 25.9 Å². The summed E-state index contributed by atoms with van der Waals surface area (Å²) >= 11 is 0. The molecule has 1 aliphatic heterocycles. The molecule has 7 heteroatoms. The van der Waals surface area contributed by atoms with Crippen molar-refractivity contribution in [1.29, 1.82) is 0 Å². The Hall–Kier alpha value is -0.820. The van der Waals surface area contributed by atoms with Gasteiger partial charge in [-0.2, -0.15) is 13.2 Å². The van der Waals surface area contributed by atoms with E-state index in [1.54, 1.807) is 0 Å². The van der Waals surface area contributed by atoms with Gasteiger partial charge in [0.15, 0.2) is 5.60 Å². The van der Waals surface area contributed by atoms with Crippen LogP contribution in [0.3, 0.4) is 0 Å². The van der Waals surface area contributed by atoms with Crippen LogP contribution in [0.1, 0.15) is 26.7 Å². The van der Waals surface area contributed by atoms with Gasteiger partial charge in [-0.05, 0) is 13.1 Å². The first-order chi connectivity index (χ1) is 8.73. The van der Waals surface area contributed by atoms with Crippen LogP contribution in [0.25, 0.3) is 0 Å². The monoisotopic (exact) mass is 282 g/mol. The Morgan fingerprint density at radius 3 is 2.11 bits per heavy atom. The zero-order valence-electron chi connectivity index (χ0n) is 11.3. The summed E-state index contributed by atoms with van der Waals surface area (Å²) in [5.74, 6) is -0.173. The molecule has 1 N–H and O–H groups in total. The lowest BCUT2D eigenvalue weighted by Crippen LogP contribution is -2.55. The Morgan fingerprint density at radius 2 is 1.74 bits per heavy atom. The van der Waals surface area contributed by atoms with E-state index in [1.807, 2.05) is 18.7 Å². The minimum absolute atomic E-state index is 0.0455. The number of halogens is 3. The van der Waals surface area contributed by atoms with E-state index >= 15 is 0 Å². The summed E-state index contributed by atoms with van der Waals surface area (Å²) in [6.07, 6.45) is -5.51. The molecule has 0 aromatic rings. The van der Waals surface area contributed by atoms with Crippen LogP contribution in [0, 0.1) is 0 Å². The fraction of sp³-hybridized carbons (Fsp3) is 0.917. The number of alkyl halides is 3. The molecule has 0 unspecified atom stereocenters. The number of carbonyl (C=O) groups excluding carboxylic acids is 1. The first-order valence-corrected chi connectivity index (χ1v) is 6.52. The van der Waals surface area contributed by atoms with E-state index in [9.17, 15) is 23.1 Å². The summed E-state index contributed by atoms with van der Waals surface area (Å²) in [6.45, 7) is 5.43. The van der Waals surface area contributed by atoms with Gasteiger partial charge in [0.25, 0.3) is 0 Å². The van der Waals surface area contributed by atoms with Crippen molar-refractivity contribution in [2.75, 3.05) is 32.7 Å². The van der Waals surface area contributed by atoms with Gasteiger partial charge < -0.3 is 10.0 Å². The molecule has 0 aromatic carbocycles. The third-order valence-corrected chi connectivity index (χ3v) is 3.72. The molecule has 19 heavy (non-hydrogen) atoms. The van der Waals surface area contributed by atoms with E-state index in [2.05, 4.69) is 0 Å². The van der Waals surface area contributed by atoms with Crippen molar-refractivity contribution in [3.63, 3.8) is 0 Å². The number of piperidine rings is 1. The lowest BCUT2D eigenvalue weighted by molar-refractivity contribution is -0.272. The second-order valence-corrected chi connectivity index (χ2v) is 4.87. The van der Waals surface area contributed by atoms with Crippen molar-refractivity contribution in [1.82, 2.24) is 9.80 Å². The fourth-order valence-corrected chi connectivity index (χ4v) is 2.15. The van der Waals surface area contributed by atoms with Gasteiger partial charge in [-0.15, -0.1) is 0 Å². The standard InChI is InChI=1S/C12H21F3N2O2/c1-3-16(4-2)9-10(18)17-7-5-11(19,6-8-17)12(13,14)15/h19H,3-9H2,1-2H3. The van der Waals surface area contributed by atoms with E-state index in [0.717, 1.165) is 13.1 Å². The molecule has 112 valence electrons. The molecule has 0 saturated carbocycles. The van der Waals surface area contributed by atoms with Gasteiger partial charge in [0.2, 0.25) is 5.91 Å². The van der Waals surface area contributed by atoms with Crippen molar-refractivity contribution >= 4 is 5.91 Å². The van der Waals surface area contributed by atoms with Crippen molar-refractivity contribution in [2.45, 2.75) is 38.5 Å². The Bertz CT molecular complexity index is 309. The number of nitrogens with zero attached hydrogens (tertiary/aromatic N) is 2. The summed E-state index contributed by atoms with van der Waals surface area (Å²) in [6, 6.07) is 0. The maximum Gasteiger partial charge on any atom is 0.417 e. The predicted molar refractivity (Wildman–Crippen MR) is 64.6 cm³/mol. The number of aliphatic hydroxyl groups is 1. The second-order valence-electron chi connectivity index (χ2n) is 4.87. The molecule has 0 atom stereocenters. The maximum absolute atomic E-state index is 12.6. The predicted octanol–water partition coefficient (Wildman–Crippen LogP) is 1.24. The summed E-state index contributed by atoms with van der Waals surface area (Å²) in [5.41, 5.74) is -2.64. The van der Waals surface area contributed by atoms with Crippen molar-refractivity contribution in [2.24, 2.45) is 0 Å². The van der Waals surface area contributed by atoms with Crippen LogP contribution in [0.4, 0.5) is 13.2 Å². The van der Waals surface area contributed by atoms with Crippen molar-refractivity contribution < 1.29 is 23.1 Å². The number of amides is 1. The van der Waals surface area contributed by atoms with Crippen molar-refractivity contribution in [3.8, 4) is 0 Å². The van der Waals surface area contributed by atoms with Crippen LogP contribution in [0.15, 0.2) is 0 Å². The van der Waals surface area contributed by atoms with Crippen LogP contribution in [0.2, 0.25) is 0 Å². The third-order valence-electron chi connectivity index (χ3n) is 3.72. The van der Waals surface area contributed by atoms with E-state index in [0.29, 0.717) is 0 Å². The van der Waals surface area contributed by atoms with Gasteiger partial charge in [-0.1, -0.05) is 13.8 Å². The van der Waals surface area contributed by atoms with E-state index in [4.69, 9.17) is 0 Å². The number of carbonyl (C=O) groups is 1. The maximum atomic E-state index is 12.6. The molecule has 1 aliphatic rings. The highest BCUT2D eigenvalue weighted by Gasteiger charge is 2.54. The Kier molecular flexibility index (Phi) is 5.20. The van der Waals surface area contributed by atoms with Gasteiger partial charge in [0.05, 0.1) is 6.54 Å². The molecular weight excluding hydrogens is 261 g/mol. The zero-order chi connectivity index (χ0) is 14.7. The summed E-state index contributed by atoms with van der Waals surface area (Å²) in [5, 5.41) is 9.51. The van der Waals surface area contributed by atoms with Crippen LogP contribution >= 0.6 is 0 Å². The number of hydrogen-bond acceptors (Lipinski definition) is 3. The average molecular weight is 282 g/mol. The Labute approximate surface area is 111 Å². The molecule has 0 aromatic heterocycles. The van der Waals surface area contributed by atoms with Gasteiger partial charge in [0.1, 0.15) is 0 Å². The van der Waals surface area contributed by atoms with Crippen LogP contribution in [0.5, 0.6) is 0 Å². The van der Waals surface area contributed by atoms with Gasteiger partial charge >= 0.3 is 6.18 Å². The number of hydrogen-bond donors (Lipinski definition) is 1. The molecule has 4 nitrogen and oxygen atoms in total. The molecule has 0 spiro atoms. The average Bonchev–Trinajstić information content (AvgIpc) is 2.35. The van der Waals surface area contributed by atoms with E-state index in [-0.39, 0.29) is 25.5 Å². The summed E-state index contributed by atoms with van der Waals surface area (Å²) < 4.78 is 37.8. The Balaban J connectivity index is 2.52. The highest BCUT2D eigenvalue weighted by atomic mass is 19.4. The molecular formula is C12H21F3N2O2.